The molecule has 7 aromatic carbocycles. The van der Waals surface area contributed by atoms with Crippen LogP contribution in [0.4, 0.5) is 39.8 Å². The maximum atomic E-state index is 2.99. The first kappa shape index (κ1) is 54.6. The minimum absolute atomic E-state index is 0.00629. The first-order valence-electron chi connectivity index (χ1n) is 32.3. The zero-order chi connectivity index (χ0) is 59.2. The zero-order valence-corrected chi connectivity index (χ0v) is 54.8. The Morgan fingerprint density at radius 3 is 1.79 bits per heavy atom. The van der Waals surface area contributed by atoms with Gasteiger partial charge in [-0.05, 0) is 193 Å². The Morgan fingerprint density at radius 1 is 0.500 bits per heavy atom. The molecular formula is C79H90BN3S. The smallest absolute Gasteiger partial charge is 0.252 e. The first-order chi connectivity index (χ1) is 39.4. The fraction of sp³-hybridized carbons (Fsp3) is 0.443. The van der Waals surface area contributed by atoms with E-state index in [0.717, 1.165) is 6.42 Å². The molecule has 4 aliphatic carbocycles. The van der Waals surface area contributed by atoms with Gasteiger partial charge in [0.2, 0.25) is 0 Å². The second-order valence-corrected chi connectivity index (χ2v) is 34.1. The first-order valence-corrected chi connectivity index (χ1v) is 33.1. The number of anilines is 7. The van der Waals surface area contributed by atoms with Crippen molar-refractivity contribution in [2.45, 2.75) is 225 Å². The molecule has 8 aromatic rings. The standard InChI is InChI=1S/C79H90BN3S/c1-71(2,3)47-28-30-49(31-29-47)81(62-26-23-25-53-52-24-19-20-27-65(52)84-69(53)62)51-43-63-67-64(44-51)83-68-60(78(17)34-21-22-35-79(78,83)18)40-48(72(4,5)6)41-61(68)80(67)66-54-45-58-59(76(13,14)39-38-75(58,11)12)46-56(54)77(15,16)70(66)82(63)50-32-33-55-57(42-50)74(9,10)37-36-73(55,7)8/h19-20,23-33,40-46H,21-22,34-39H2,1-18H3. The van der Waals surface area contributed by atoms with E-state index in [-0.39, 0.29) is 55.6 Å². The van der Waals surface area contributed by atoms with Crippen molar-refractivity contribution in [3.63, 3.8) is 0 Å². The molecule has 84 heavy (non-hydrogen) atoms. The predicted octanol–water partition coefficient (Wildman–Crippen LogP) is 20.9. The molecule has 0 N–H and O–H groups in total. The van der Waals surface area contributed by atoms with Gasteiger partial charge in [-0.15, -0.1) is 11.3 Å². The van der Waals surface area contributed by atoms with Crippen molar-refractivity contribution in [2.24, 2.45) is 0 Å². The monoisotopic (exact) mass is 1120 g/mol. The quantitative estimate of drug-likeness (QED) is 0.163. The summed E-state index contributed by atoms with van der Waals surface area (Å²) in [5, 5.41) is 2.64. The Hall–Kier alpha value is -6.04. The van der Waals surface area contributed by atoms with Gasteiger partial charge in [-0.2, -0.15) is 0 Å². The van der Waals surface area contributed by atoms with E-state index in [2.05, 4.69) is 261 Å². The maximum Gasteiger partial charge on any atom is 0.252 e. The molecule has 5 heteroatoms. The molecule has 0 bridgehead atoms. The van der Waals surface area contributed by atoms with Crippen LogP contribution in [0, 0.1) is 0 Å². The second-order valence-electron chi connectivity index (χ2n) is 33.0. The van der Waals surface area contributed by atoms with Crippen LogP contribution in [0.5, 0.6) is 0 Å². The molecule has 1 saturated carbocycles. The molecule has 1 fully saturated rings. The fourth-order valence-electron chi connectivity index (χ4n) is 17.9. The van der Waals surface area contributed by atoms with E-state index in [4.69, 9.17) is 0 Å². The fourth-order valence-corrected chi connectivity index (χ4v) is 19.1. The van der Waals surface area contributed by atoms with Crippen LogP contribution in [-0.4, -0.2) is 12.3 Å². The molecule has 2 atom stereocenters. The van der Waals surface area contributed by atoms with Crippen molar-refractivity contribution in [1.82, 2.24) is 0 Å². The third-order valence-electron chi connectivity index (χ3n) is 23.6. The Kier molecular flexibility index (Phi) is 11.1. The molecule has 1 aromatic heterocycles. The predicted molar refractivity (Wildman–Crippen MR) is 365 cm³/mol. The molecule has 0 spiro atoms. The average molecular weight is 1120 g/mol. The lowest BCUT2D eigenvalue weighted by Crippen LogP contribution is -2.61. The van der Waals surface area contributed by atoms with Gasteiger partial charge in [-0.1, -0.05) is 203 Å². The minimum atomic E-state index is -0.352. The van der Waals surface area contributed by atoms with Crippen molar-refractivity contribution < 1.29 is 0 Å². The Labute approximate surface area is 508 Å². The van der Waals surface area contributed by atoms with E-state index in [1.54, 1.807) is 16.7 Å². The highest BCUT2D eigenvalue weighted by molar-refractivity contribution is 7.26. The number of nitrogens with zero attached hydrogens (tertiary/aromatic N) is 3. The largest absolute Gasteiger partial charge is 0.335 e. The average Bonchev–Trinajstić information content (AvgIpc) is 1.59. The van der Waals surface area contributed by atoms with Gasteiger partial charge in [-0.3, -0.25) is 0 Å². The normalized spacial score (nSPS) is 23.4. The molecule has 15 rings (SSSR count). The molecular weight excluding hydrogens is 1030 g/mol. The number of allylic oxidation sites excluding steroid dienone is 1. The van der Waals surface area contributed by atoms with Crippen molar-refractivity contribution in [3.05, 3.63) is 177 Å². The number of hydrogen-bond acceptors (Lipinski definition) is 4. The Balaban J connectivity index is 1.12. The van der Waals surface area contributed by atoms with E-state index in [0.29, 0.717) is 0 Å². The molecule has 3 nitrogen and oxygen atoms in total. The van der Waals surface area contributed by atoms with Crippen molar-refractivity contribution in [2.75, 3.05) is 14.7 Å². The van der Waals surface area contributed by atoms with Gasteiger partial charge in [0, 0.05) is 60.4 Å². The van der Waals surface area contributed by atoms with E-state index in [1.807, 2.05) is 11.3 Å². The molecule has 2 unspecified atom stereocenters. The molecule has 0 radical (unpaired) electrons. The summed E-state index contributed by atoms with van der Waals surface area (Å²) >= 11 is 1.94. The number of benzene rings is 7. The van der Waals surface area contributed by atoms with Crippen LogP contribution < -0.4 is 25.6 Å². The number of hydrogen-bond donors (Lipinski definition) is 0. The number of thiophene rings is 1. The topological polar surface area (TPSA) is 9.72 Å². The zero-order valence-electron chi connectivity index (χ0n) is 54.0. The van der Waals surface area contributed by atoms with E-state index < -0.39 is 0 Å². The second kappa shape index (κ2) is 17.1. The highest BCUT2D eigenvalue weighted by Crippen LogP contribution is 2.66. The molecule has 430 valence electrons. The van der Waals surface area contributed by atoms with Crippen molar-refractivity contribution in [1.29, 1.82) is 0 Å². The highest BCUT2D eigenvalue weighted by Gasteiger charge is 2.63. The summed E-state index contributed by atoms with van der Waals surface area (Å²) in [6.07, 6.45) is 9.53. The number of fused-ring (bicyclic) bond motifs is 13. The van der Waals surface area contributed by atoms with Gasteiger partial charge in [-0.25, -0.2) is 0 Å². The molecule has 3 aliphatic heterocycles. The maximum absolute atomic E-state index is 2.99. The minimum Gasteiger partial charge on any atom is -0.335 e. The third-order valence-corrected chi connectivity index (χ3v) is 24.8. The summed E-state index contributed by atoms with van der Waals surface area (Å²) in [5.41, 5.74) is 28.2. The lowest BCUT2D eigenvalue weighted by Gasteiger charge is -2.53. The van der Waals surface area contributed by atoms with Crippen LogP contribution in [0.2, 0.25) is 0 Å². The summed E-state index contributed by atoms with van der Waals surface area (Å²) < 4.78 is 2.65. The van der Waals surface area contributed by atoms with Gasteiger partial charge in [0.05, 0.1) is 21.6 Å². The van der Waals surface area contributed by atoms with Crippen LogP contribution in [0.25, 0.3) is 25.6 Å². The summed E-state index contributed by atoms with van der Waals surface area (Å²) in [4.78, 5) is 8.53. The molecule has 0 amide bonds. The van der Waals surface area contributed by atoms with Gasteiger partial charge < -0.3 is 14.7 Å². The summed E-state index contributed by atoms with van der Waals surface area (Å²) in [6, 6.07) is 49.9. The van der Waals surface area contributed by atoms with Crippen molar-refractivity contribution in [3.8, 4) is 0 Å². The lowest BCUT2D eigenvalue weighted by atomic mass is 9.32. The SMILES string of the molecule is CC(C)(C)c1ccc(N(c2cc3c4c(c2)N2c5c(cc(C(C)(C)C)cc5C5(C)CCCCC25C)B4C2=C(N3c3ccc4c(c3)C(C)(C)CCC4(C)C)C(C)(C)c3cc4c(cc32)C(C)(C)CCC4(C)C)c2cccc3c2sc2ccccc23)cc1. The Morgan fingerprint density at radius 2 is 1.11 bits per heavy atom. The third kappa shape index (κ3) is 7.29. The molecule has 7 aliphatic rings. The van der Waals surface area contributed by atoms with Crippen LogP contribution in [0.15, 0.2) is 127 Å². The van der Waals surface area contributed by atoms with E-state index in [1.165, 1.54) is 160 Å². The van der Waals surface area contributed by atoms with Crippen LogP contribution >= 0.6 is 11.3 Å². The highest BCUT2D eigenvalue weighted by atomic mass is 32.1. The molecule has 4 heterocycles. The number of rotatable bonds is 4. The van der Waals surface area contributed by atoms with Gasteiger partial charge in [0.25, 0.3) is 6.71 Å². The Bertz CT molecular complexity index is 4200. The molecule has 0 saturated heterocycles. The lowest BCUT2D eigenvalue weighted by molar-refractivity contribution is 0.195. The van der Waals surface area contributed by atoms with E-state index >= 15 is 0 Å². The van der Waals surface area contributed by atoms with Gasteiger partial charge >= 0.3 is 0 Å². The van der Waals surface area contributed by atoms with Gasteiger partial charge in [0.15, 0.2) is 0 Å². The van der Waals surface area contributed by atoms with E-state index in [9.17, 15) is 0 Å². The van der Waals surface area contributed by atoms with Crippen LogP contribution in [0.3, 0.4) is 0 Å². The van der Waals surface area contributed by atoms with Crippen LogP contribution in [-0.2, 0) is 43.3 Å². The van der Waals surface area contributed by atoms with Crippen LogP contribution in [0.1, 0.15) is 226 Å². The summed E-state index contributed by atoms with van der Waals surface area (Å²) in [6.45, 7) is 45.1. The van der Waals surface area contributed by atoms with Crippen molar-refractivity contribution >= 4 is 94.4 Å². The summed E-state index contributed by atoms with van der Waals surface area (Å²) in [7, 11) is 0. The van der Waals surface area contributed by atoms with Gasteiger partial charge in [0.1, 0.15) is 0 Å². The summed E-state index contributed by atoms with van der Waals surface area (Å²) in [5.74, 6) is 0.